The normalized spacial score (nSPS) is 15.2. The number of nitrogens with two attached hydrogens (primary N) is 2. The van der Waals surface area contributed by atoms with Gasteiger partial charge in [0.1, 0.15) is 0 Å². The van der Waals surface area contributed by atoms with Crippen LogP contribution in [0.3, 0.4) is 0 Å². The van der Waals surface area contributed by atoms with Crippen molar-refractivity contribution < 1.29 is 9.90 Å². The molecule has 5 heteroatoms. The van der Waals surface area contributed by atoms with Crippen LogP contribution in [0.15, 0.2) is 0 Å². The Hall–Kier alpha value is -0.940. The lowest BCUT2D eigenvalue weighted by Gasteiger charge is -2.22. The van der Waals surface area contributed by atoms with Crippen LogP contribution >= 0.6 is 0 Å². The molecule has 0 spiro atoms. The standard InChI is InChI=1S/C7H15N3O2/c1-5(9)7(10,6(11)12)3-2-4-8/h9H,2-4,8,10H2,1H3,(H,11,12). The maximum absolute atomic E-state index is 10.7. The van der Waals surface area contributed by atoms with E-state index in [0.29, 0.717) is 13.0 Å². The highest BCUT2D eigenvalue weighted by Gasteiger charge is 2.35. The maximum Gasteiger partial charge on any atom is 0.329 e. The Labute approximate surface area is 71.2 Å². The van der Waals surface area contributed by atoms with Gasteiger partial charge >= 0.3 is 5.97 Å². The molecule has 0 radical (unpaired) electrons. The molecule has 0 aromatic heterocycles. The lowest BCUT2D eigenvalue weighted by atomic mass is 9.90. The van der Waals surface area contributed by atoms with Gasteiger partial charge in [-0.15, -0.1) is 0 Å². The summed E-state index contributed by atoms with van der Waals surface area (Å²) in [5.41, 5.74) is 9.14. The molecule has 5 nitrogen and oxygen atoms in total. The fraction of sp³-hybridized carbons (Fsp3) is 0.714. The molecule has 0 fully saturated rings. The van der Waals surface area contributed by atoms with Gasteiger partial charge in [-0.1, -0.05) is 0 Å². The minimum Gasteiger partial charge on any atom is -0.480 e. The third kappa shape index (κ3) is 2.28. The Bertz CT molecular complexity index is 177. The van der Waals surface area contributed by atoms with Crippen molar-refractivity contribution in [3.8, 4) is 0 Å². The quantitative estimate of drug-likeness (QED) is 0.421. The van der Waals surface area contributed by atoms with Gasteiger partial charge in [0.25, 0.3) is 0 Å². The molecular weight excluding hydrogens is 158 g/mol. The molecule has 1 atom stereocenters. The van der Waals surface area contributed by atoms with Gasteiger partial charge in [0.15, 0.2) is 5.54 Å². The summed E-state index contributed by atoms with van der Waals surface area (Å²) < 4.78 is 0. The smallest absolute Gasteiger partial charge is 0.329 e. The first-order valence-corrected chi connectivity index (χ1v) is 3.73. The highest BCUT2D eigenvalue weighted by Crippen LogP contribution is 2.10. The lowest BCUT2D eigenvalue weighted by Crippen LogP contribution is -2.53. The SMILES string of the molecule is CC(=N)C(N)(CCCN)C(=O)O. The number of nitrogens with one attached hydrogen (secondary N) is 1. The molecule has 0 rings (SSSR count). The van der Waals surface area contributed by atoms with Crippen molar-refractivity contribution in [3.63, 3.8) is 0 Å². The zero-order valence-corrected chi connectivity index (χ0v) is 7.13. The van der Waals surface area contributed by atoms with Crippen molar-refractivity contribution in [2.24, 2.45) is 11.5 Å². The van der Waals surface area contributed by atoms with Crippen LogP contribution in [0.5, 0.6) is 0 Å². The van der Waals surface area contributed by atoms with Gasteiger partial charge in [-0.25, -0.2) is 4.79 Å². The van der Waals surface area contributed by atoms with Crippen molar-refractivity contribution in [2.45, 2.75) is 25.3 Å². The number of carboxylic acids is 1. The first kappa shape index (κ1) is 11.1. The minimum absolute atomic E-state index is 0.0385. The van der Waals surface area contributed by atoms with E-state index in [2.05, 4.69) is 0 Å². The monoisotopic (exact) mass is 173 g/mol. The van der Waals surface area contributed by atoms with Gasteiger partial charge in [-0.05, 0) is 26.3 Å². The lowest BCUT2D eigenvalue weighted by molar-refractivity contribution is -0.140. The molecular formula is C7H15N3O2. The van der Waals surface area contributed by atoms with E-state index in [1.807, 2.05) is 0 Å². The van der Waals surface area contributed by atoms with Crippen LogP contribution in [0.25, 0.3) is 0 Å². The first-order chi connectivity index (χ1) is 5.45. The Morgan fingerprint density at radius 3 is 2.42 bits per heavy atom. The number of hydrogen-bond donors (Lipinski definition) is 4. The Morgan fingerprint density at radius 2 is 2.17 bits per heavy atom. The van der Waals surface area contributed by atoms with E-state index in [-0.39, 0.29) is 12.1 Å². The van der Waals surface area contributed by atoms with Gasteiger partial charge in [0.2, 0.25) is 0 Å². The number of aliphatic carboxylic acids is 1. The summed E-state index contributed by atoms with van der Waals surface area (Å²) in [7, 11) is 0. The van der Waals surface area contributed by atoms with E-state index >= 15 is 0 Å². The Balaban J connectivity index is 4.40. The largest absolute Gasteiger partial charge is 0.480 e. The molecule has 0 heterocycles. The van der Waals surface area contributed by atoms with Gasteiger partial charge in [0.05, 0.1) is 0 Å². The van der Waals surface area contributed by atoms with Crippen LogP contribution in [-0.2, 0) is 4.79 Å². The molecule has 0 aliphatic carbocycles. The summed E-state index contributed by atoms with van der Waals surface area (Å²) in [6.45, 7) is 1.78. The predicted octanol–water partition coefficient (Wildman–Crippen LogP) is -0.453. The first-order valence-electron chi connectivity index (χ1n) is 3.73. The third-order valence-electron chi connectivity index (χ3n) is 1.83. The second-order valence-corrected chi connectivity index (χ2v) is 2.79. The highest BCUT2D eigenvalue weighted by atomic mass is 16.4. The fourth-order valence-electron chi connectivity index (χ4n) is 0.836. The summed E-state index contributed by atoms with van der Waals surface area (Å²) in [5.74, 6) is -1.16. The van der Waals surface area contributed by atoms with E-state index < -0.39 is 11.5 Å². The summed E-state index contributed by atoms with van der Waals surface area (Å²) in [6.07, 6.45) is 0.729. The molecule has 12 heavy (non-hydrogen) atoms. The van der Waals surface area contributed by atoms with E-state index in [9.17, 15) is 4.79 Å². The highest BCUT2D eigenvalue weighted by molar-refractivity contribution is 6.07. The summed E-state index contributed by atoms with van der Waals surface area (Å²) in [5, 5.41) is 15.9. The Morgan fingerprint density at radius 1 is 1.67 bits per heavy atom. The molecule has 0 bridgehead atoms. The average molecular weight is 173 g/mol. The molecule has 0 saturated carbocycles. The molecule has 70 valence electrons. The van der Waals surface area contributed by atoms with Crippen molar-refractivity contribution in [1.82, 2.24) is 0 Å². The molecule has 0 saturated heterocycles. The van der Waals surface area contributed by atoms with Crippen LogP contribution in [0, 0.1) is 5.41 Å². The van der Waals surface area contributed by atoms with Gasteiger partial charge in [-0.3, -0.25) is 0 Å². The Kier molecular flexibility index (Phi) is 3.85. The summed E-state index contributed by atoms with van der Waals surface area (Å²) in [4.78, 5) is 10.7. The predicted molar refractivity (Wildman–Crippen MR) is 46.2 cm³/mol. The van der Waals surface area contributed by atoms with Crippen molar-refractivity contribution >= 4 is 11.7 Å². The average Bonchev–Trinajstić information content (AvgIpc) is 1.99. The van der Waals surface area contributed by atoms with Crippen LogP contribution in [-0.4, -0.2) is 28.9 Å². The zero-order chi connectivity index (χ0) is 9.78. The zero-order valence-electron chi connectivity index (χ0n) is 7.13. The van der Waals surface area contributed by atoms with Crippen LogP contribution < -0.4 is 11.5 Å². The van der Waals surface area contributed by atoms with Crippen LogP contribution in [0.1, 0.15) is 19.8 Å². The van der Waals surface area contributed by atoms with Gasteiger partial charge in [-0.2, -0.15) is 0 Å². The van der Waals surface area contributed by atoms with Gasteiger partial charge < -0.3 is 22.0 Å². The van der Waals surface area contributed by atoms with E-state index in [1.54, 1.807) is 0 Å². The van der Waals surface area contributed by atoms with Gasteiger partial charge in [0, 0.05) is 5.71 Å². The maximum atomic E-state index is 10.7. The number of carbonyl (C=O) groups is 1. The van der Waals surface area contributed by atoms with Crippen molar-refractivity contribution in [2.75, 3.05) is 6.54 Å². The van der Waals surface area contributed by atoms with E-state index in [0.717, 1.165) is 0 Å². The molecule has 0 aliphatic heterocycles. The number of hydrogen-bond acceptors (Lipinski definition) is 4. The molecule has 0 aromatic carbocycles. The topological polar surface area (TPSA) is 113 Å². The summed E-state index contributed by atoms with van der Waals surface area (Å²) >= 11 is 0. The molecule has 6 N–H and O–H groups in total. The van der Waals surface area contributed by atoms with E-state index in [4.69, 9.17) is 22.0 Å². The summed E-state index contributed by atoms with van der Waals surface area (Å²) in [6, 6.07) is 0. The van der Waals surface area contributed by atoms with Crippen LogP contribution in [0.4, 0.5) is 0 Å². The van der Waals surface area contributed by atoms with Crippen molar-refractivity contribution in [1.29, 1.82) is 5.41 Å². The molecule has 0 aromatic rings. The molecule has 0 aliphatic rings. The fourth-order valence-corrected chi connectivity index (χ4v) is 0.836. The molecule has 0 amide bonds. The number of rotatable bonds is 5. The van der Waals surface area contributed by atoms with Crippen molar-refractivity contribution in [3.05, 3.63) is 0 Å². The molecule has 1 unspecified atom stereocenters. The van der Waals surface area contributed by atoms with Crippen LogP contribution in [0.2, 0.25) is 0 Å². The third-order valence-corrected chi connectivity index (χ3v) is 1.83. The van der Waals surface area contributed by atoms with E-state index in [1.165, 1.54) is 6.92 Å². The minimum atomic E-state index is -1.53. The second-order valence-electron chi connectivity index (χ2n) is 2.79. The second kappa shape index (κ2) is 4.18. The number of carboxylic acid groups (broad SMARTS) is 1.